The van der Waals surface area contributed by atoms with Crippen molar-refractivity contribution in [1.29, 1.82) is 0 Å². The molecule has 2 rings (SSSR count). The van der Waals surface area contributed by atoms with Crippen LogP contribution < -0.4 is 5.32 Å². The van der Waals surface area contributed by atoms with Gasteiger partial charge in [-0.1, -0.05) is 0 Å². The van der Waals surface area contributed by atoms with Crippen LogP contribution in [-0.4, -0.2) is 59.1 Å². The third-order valence-corrected chi connectivity index (χ3v) is 3.29. The molecule has 0 aromatic rings. The van der Waals surface area contributed by atoms with Crippen molar-refractivity contribution >= 4 is 17.8 Å². The number of Topliss-reactive ketones (excluding diaryl/α,β-unsaturated/α-hetero) is 1. The molecule has 0 saturated carbocycles. The van der Waals surface area contributed by atoms with Crippen molar-refractivity contribution in [2.24, 2.45) is 0 Å². The molecule has 0 spiro atoms. The van der Waals surface area contributed by atoms with Gasteiger partial charge in [0.25, 0.3) is 0 Å². The van der Waals surface area contributed by atoms with E-state index in [1.54, 1.807) is 6.92 Å². The Hall–Kier alpha value is -1.63. The monoisotopic (exact) mass is 256 g/mol. The summed E-state index contributed by atoms with van der Waals surface area (Å²) in [5.41, 5.74) is -0.893. The van der Waals surface area contributed by atoms with Crippen LogP contribution >= 0.6 is 0 Å². The van der Waals surface area contributed by atoms with E-state index in [1.165, 1.54) is 4.90 Å². The van der Waals surface area contributed by atoms with Gasteiger partial charge in [0.05, 0.1) is 6.61 Å². The van der Waals surface area contributed by atoms with E-state index in [0.29, 0.717) is 19.6 Å². The molecule has 0 radical (unpaired) electrons. The van der Waals surface area contributed by atoms with Crippen molar-refractivity contribution in [3.63, 3.8) is 0 Å². The molecule has 0 aromatic carbocycles. The van der Waals surface area contributed by atoms with E-state index in [0.717, 1.165) is 6.42 Å². The quantitative estimate of drug-likeness (QED) is 0.652. The Morgan fingerprint density at radius 2 is 2.28 bits per heavy atom. The number of nitrogens with zero attached hydrogens (tertiary/aromatic N) is 1. The van der Waals surface area contributed by atoms with Gasteiger partial charge in [-0.15, -0.1) is 0 Å². The van der Waals surface area contributed by atoms with E-state index in [1.807, 2.05) is 0 Å². The van der Waals surface area contributed by atoms with Crippen LogP contribution in [-0.2, 0) is 14.3 Å². The molecule has 2 aliphatic heterocycles. The number of carbonyl (C=O) groups excluding carboxylic acids is 2. The topological polar surface area (TPSA) is 99.2 Å². The maximum absolute atomic E-state index is 12.1. The van der Waals surface area contributed by atoms with Gasteiger partial charge in [0.1, 0.15) is 11.6 Å². The van der Waals surface area contributed by atoms with Gasteiger partial charge in [-0.05, 0) is 13.3 Å². The second-order valence-electron chi connectivity index (χ2n) is 4.83. The number of hydrogen-bond acceptors (Lipinski definition) is 4. The normalized spacial score (nSPS) is 28.1. The zero-order valence-corrected chi connectivity index (χ0v) is 10.1. The molecule has 0 aliphatic carbocycles. The van der Waals surface area contributed by atoms with Crippen molar-refractivity contribution in [2.75, 3.05) is 19.7 Å². The number of carbonyl (C=O) groups is 3. The summed E-state index contributed by atoms with van der Waals surface area (Å²) in [6.07, 6.45) is -0.0632. The van der Waals surface area contributed by atoms with Crippen LogP contribution in [0.3, 0.4) is 0 Å². The predicted molar refractivity (Wildman–Crippen MR) is 60.1 cm³/mol. The largest absolute Gasteiger partial charge is 0.465 e. The summed E-state index contributed by atoms with van der Waals surface area (Å²) in [7, 11) is 0. The molecular weight excluding hydrogens is 240 g/mol. The average Bonchev–Trinajstić information content (AvgIpc) is 2.92. The third-order valence-electron chi connectivity index (χ3n) is 3.29. The van der Waals surface area contributed by atoms with Gasteiger partial charge in [0.15, 0.2) is 5.78 Å². The van der Waals surface area contributed by atoms with Crippen LogP contribution in [0, 0.1) is 0 Å². The summed E-state index contributed by atoms with van der Waals surface area (Å²) in [4.78, 5) is 35.8. The van der Waals surface area contributed by atoms with Gasteiger partial charge in [-0.3, -0.25) is 9.59 Å². The number of ether oxygens (including phenoxy) is 1. The Morgan fingerprint density at radius 1 is 1.61 bits per heavy atom. The van der Waals surface area contributed by atoms with Crippen molar-refractivity contribution in [2.45, 2.75) is 31.4 Å². The minimum Gasteiger partial charge on any atom is -0.465 e. The summed E-state index contributed by atoms with van der Waals surface area (Å²) in [5.74, 6) is -0.355. The molecule has 2 heterocycles. The van der Waals surface area contributed by atoms with Gasteiger partial charge in [-0.2, -0.15) is 0 Å². The minimum atomic E-state index is -1.27. The lowest BCUT2D eigenvalue weighted by atomic mass is 10.0. The van der Waals surface area contributed by atoms with Crippen LogP contribution in [0.25, 0.3) is 0 Å². The zero-order valence-electron chi connectivity index (χ0n) is 10.1. The van der Waals surface area contributed by atoms with E-state index in [-0.39, 0.29) is 18.2 Å². The highest BCUT2D eigenvalue weighted by molar-refractivity contribution is 5.96. The molecule has 2 N–H and O–H groups in total. The molecule has 0 unspecified atom stereocenters. The Morgan fingerprint density at radius 3 is 2.72 bits per heavy atom. The van der Waals surface area contributed by atoms with Crippen molar-refractivity contribution in [3.8, 4) is 0 Å². The molecule has 18 heavy (non-hydrogen) atoms. The molecule has 2 aliphatic rings. The van der Waals surface area contributed by atoms with Crippen LogP contribution in [0.5, 0.6) is 0 Å². The number of ketones is 1. The number of likely N-dealkylation sites (tertiary alicyclic amines) is 1. The van der Waals surface area contributed by atoms with Gasteiger partial charge in [-0.25, -0.2) is 4.79 Å². The van der Waals surface area contributed by atoms with E-state index in [2.05, 4.69) is 5.32 Å². The van der Waals surface area contributed by atoms with Crippen LogP contribution in [0.2, 0.25) is 0 Å². The van der Waals surface area contributed by atoms with Gasteiger partial charge in [0.2, 0.25) is 5.91 Å². The van der Waals surface area contributed by atoms with Gasteiger partial charge < -0.3 is 20.1 Å². The molecule has 2 saturated heterocycles. The molecule has 2 amide bonds. The minimum absolute atomic E-state index is 0.0399. The Kier molecular flexibility index (Phi) is 3.25. The summed E-state index contributed by atoms with van der Waals surface area (Å²) < 4.78 is 5.03. The second-order valence-corrected chi connectivity index (χ2v) is 4.83. The SMILES string of the molecule is C[C@@]1(C(=O)[C@H](CN2CCCC2=O)NC(=O)O)CO1. The Labute approximate surface area is 104 Å². The lowest BCUT2D eigenvalue weighted by Gasteiger charge is -2.23. The summed E-state index contributed by atoms with van der Waals surface area (Å²) in [5, 5.41) is 10.9. The third kappa shape index (κ3) is 2.61. The Balaban J connectivity index is 2.02. The fraction of sp³-hybridized carbons (Fsp3) is 0.727. The van der Waals surface area contributed by atoms with Crippen molar-refractivity contribution < 1.29 is 24.2 Å². The van der Waals surface area contributed by atoms with Gasteiger partial charge >= 0.3 is 6.09 Å². The van der Waals surface area contributed by atoms with Crippen molar-refractivity contribution in [3.05, 3.63) is 0 Å². The molecular formula is C11H16N2O5. The van der Waals surface area contributed by atoms with Gasteiger partial charge in [0, 0.05) is 19.5 Å². The number of carboxylic acid groups (broad SMARTS) is 1. The number of rotatable bonds is 5. The summed E-state index contributed by atoms with van der Waals surface area (Å²) in [6.45, 7) is 2.58. The Bertz CT molecular complexity index is 391. The van der Waals surface area contributed by atoms with E-state index in [4.69, 9.17) is 9.84 Å². The fourth-order valence-corrected chi connectivity index (χ4v) is 2.08. The first-order valence-corrected chi connectivity index (χ1v) is 5.88. The van der Waals surface area contributed by atoms with Crippen LogP contribution in [0.1, 0.15) is 19.8 Å². The first kappa shape index (κ1) is 12.8. The maximum atomic E-state index is 12.1. The number of amides is 2. The number of hydrogen-bond donors (Lipinski definition) is 2. The highest BCUT2D eigenvalue weighted by Crippen LogP contribution is 2.28. The molecule has 7 nitrogen and oxygen atoms in total. The number of epoxide rings is 1. The highest BCUT2D eigenvalue weighted by Gasteiger charge is 2.50. The molecule has 2 fully saturated rings. The number of nitrogens with one attached hydrogen (secondary N) is 1. The molecule has 0 aromatic heterocycles. The second kappa shape index (κ2) is 4.56. The first-order chi connectivity index (χ1) is 8.42. The molecule has 0 bridgehead atoms. The predicted octanol–water partition coefficient (Wildman–Crippen LogP) is -0.397. The zero-order chi connectivity index (χ0) is 13.3. The summed E-state index contributed by atoms with van der Waals surface area (Å²) in [6, 6.07) is -0.919. The fourth-order valence-electron chi connectivity index (χ4n) is 2.08. The smallest absolute Gasteiger partial charge is 0.405 e. The van der Waals surface area contributed by atoms with E-state index >= 15 is 0 Å². The lowest BCUT2D eigenvalue weighted by molar-refractivity contribution is -0.130. The highest BCUT2D eigenvalue weighted by atomic mass is 16.6. The lowest BCUT2D eigenvalue weighted by Crippen LogP contribution is -2.52. The molecule has 7 heteroatoms. The van der Waals surface area contributed by atoms with Crippen molar-refractivity contribution in [1.82, 2.24) is 10.2 Å². The standard InChI is InChI=1S/C11H16N2O5/c1-11(6-18-11)9(15)7(12-10(16)17)5-13-4-2-3-8(13)14/h7,12H,2-6H2,1H3,(H,16,17)/t7-,11-/m0/s1. The van der Waals surface area contributed by atoms with E-state index in [9.17, 15) is 14.4 Å². The molecule has 2 atom stereocenters. The van der Waals surface area contributed by atoms with Crippen LogP contribution in [0.4, 0.5) is 4.79 Å². The summed E-state index contributed by atoms with van der Waals surface area (Å²) >= 11 is 0. The average molecular weight is 256 g/mol. The first-order valence-electron chi connectivity index (χ1n) is 5.88. The van der Waals surface area contributed by atoms with E-state index < -0.39 is 17.7 Å². The molecule has 100 valence electrons. The maximum Gasteiger partial charge on any atom is 0.405 e. The van der Waals surface area contributed by atoms with Crippen LogP contribution in [0.15, 0.2) is 0 Å².